The molecule has 0 aromatic carbocycles. The first-order chi connectivity index (χ1) is 8.42. The van der Waals surface area contributed by atoms with Gasteiger partial charge in [-0.3, -0.25) is 4.90 Å². The van der Waals surface area contributed by atoms with Crippen molar-refractivity contribution in [1.29, 1.82) is 0 Å². The summed E-state index contributed by atoms with van der Waals surface area (Å²) in [6.45, 7) is 3.58. The third-order valence-corrected chi connectivity index (χ3v) is 4.16. The molecule has 18 heavy (non-hydrogen) atoms. The van der Waals surface area contributed by atoms with Crippen molar-refractivity contribution in [2.75, 3.05) is 26.2 Å². The van der Waals surface area contributed by atoms with E-state index in [0.717, 1.165) is 18.9 Å². The van der Waals surface area contributed by atoms with Crippen molar-refractivity contribution >= 4 is 0 Å². The van der Waals surface area contributed by atoms with Crippen LogP contribution < -0.4 is 5.32 Å². The molecule has 0 bridgehead atoms. The van der Waals surface area contributed by atoms with E-state index in [1.807, 2.05) is 0 Å². The van der Waals surface area contributed by atoms with Crippen molar-refractivity contribution in [3.05, 3.63) is 0 Å². The fourth-order valence-corrected chi connectivity index (χ4v) is 3.20. The molecule has 0 aromatic rings. The minimum atomic E-state index is -4.05. The first kappa shape index (κ1) is 14.1. The molecule has 0 spiro atoms. The number of alkyl halides is 3. The number of rotatable bonds is 4. The topological polar surface area (TPSA) is 15.3 Å². The Morgan fingerprint density at radius 2 is 2.00 bits per heavy atom. The summed E-state index contributed by atoms with van der Waals surface area (Å²) in [5, 5.41) is 3.53. The Labute approximate surface area is 107 Å². The van der Waals surface area contributed by atoms with Crippen LogP contribution in [0.25, 0.3) is 0 Å². The minimum absolute atomic E-state index is 0.392. The average Bonchev–Trinajstić information content (AvgIpc) is 2.82. The molecular weight excluding hydrogens is 241 g/mol. The predicted octanol–water partition coefficient (Wildman–Crippen LogP) is 2.65. The highest BCUT2D eigenvalue weighted by molar-refractivity contribution is 4.83. The third kappa shape index (κ3) is 4.43. The van der Waals surface area contributed by atoms with E-state index in [1.54, 1.807) is 0 Å². The number of likely N-dealkylation sites (tertiary alicyclic amines) is 1. The predicted molar refractivity (Wildman–Crippen MR) is 65.4 cm³/mol. The summed E-state index contributed by atoms with van der Waals surface area (Å²) < 4.78 is 36.8. The zero-order valence-corrected chi connectivity index (χ0v) is 11.0. The van der Waals surface area contributed by atoms with Gasteiger partial charge in [-0.25, -0.2) is 0 Å². The average molecular weight is 264 g/mol. The molecule has 1 aliphatic carbocycles. The van der Waals surface area contributed by atoms with E-state index in [-0.39, 0.29) is 0 Å². The standard InChI is InChI=1S/C13H23F3N2/c1-10-2-3-12(6-10)17-7-11-4-5-18(8-11)9-13(14,15)16/h10-12,17H,2-9H2,1H3. The van der Waals surface area contributed by atoms with Crippen molar-refractivity contribution in [2.24, 2.45) is 11.8 Å². The lowest BCUT2D eigenvalue weighted by Gasteiger charge is -2.19. The van der Waals surface area contributed by atoms with Gasteiger partial charge >= 0.3 is 6.18 Å². The lowest BCUT2D eigenvalue weighted by molar-refractivity contribution is -0.143. The maximum Gasteiger partial charge on any atom is 0.401 e. The molecule has 1 saturated heterocycles. The monoisotopic (exact) mass is 264 g/mol. The molecule has 2 aliphatic rings. The van der Waals surface area contributed by atoms with Crippen LogP contribution in [0, 0.1) is 11.8 Å². The Morgan fingerprint density at radius 3 is 2.61 bits per heavy atom. The van der Waals surface area contributed by atoms with Gasteiger partial charge in [0.15, 0.2) is 0 Å². The second-order valence-electron chi connectivity index (χ2n) is 6.03. The second-order valence-corrected chi connectivity index (χ2v) is 6.03. The van der Waals surface area contributed by atoms with Gasteiger partial charge in [0.05, 0.1) is 6.54 Å². The molecule has 5 heteroatoms. The lowest BCUT2D eigenvalue weighted by atomic mass is 10.1. The van der Waals surface area contributed by atoms with E-state index in [0.29, 0.717) is 25.0 Å². The highest BCUT2D eigenvalue weighted by atomic mass is 19.4. The first-order valence-electron chi connectivity index (χ1n) is 6.95. The summed E-state index contributed by atoms with van der Waals surface area (Å²) in [4.78, 5) is 1.53. The fraction of sp³-hybridized carbons (Fsp3) is 1.00. The van der Waals surface area contributed by atoms with Gasteiger partial charge in [-0.05, 0) is 50.6 Å². The van der Waals surface area contributed by atoms with Crippen LogP contribution in [-0.4, -0.2) is 43.3 Å². The van der Waals surface area contributed by atoms with Gasteiger partial charge in [0, 0.05) is 12.6 Å². The number of hydrogen-bond donors (Lipinski definition) is 1. The SMILES string of the molecule is CC1CCC(NCC2CCN(CC(F)(F)F)C2)C1. The van der Waals surface area contributed by atoms with Gasteiger partial charge in [0.1, 0.15) is 0 Å². The van der Waals surface area contributed by atoms with Crippen molar-refractivity contribution in [3.63, 3.8) is 0 Å². The molecule has 2 nitrogen and oxygen atoms in total. The Morgan fingerprint density at radius 1 is 1.22 bits per heavy atom. The lowest BCUT2D eigenvalue weighted by Crippen LogP contribution is -2.35. The van der Waals surface area contributed by atoms with Crippen LogP contribution in [0.1, 0.15) is 32.6 Å². The maximum absolute atomic E-state index is 12.3. The largest absolute Gasteiger partial charge is 0.401 e. The molecule has 1 aliphatic heterocycles. The van der Waals surface area contributed by atoms with Crippen LogP contribution in [-0.2, 0) is 0 Å². The van der Waals surface area contributed by atoms with Crippen molar-refractivity contribution in [3.8, 4) is 0 Å². The summed E-state index contributed by atoms with van der Waals surface area (Å²) in [5.74, 6) is 1.19. The van der Waals surface area contributed by atoms with Gasteiger partial charge in [-0.15, -0.1) is 0 Å². The molecule has 3 atom stereocenters. The van der Waals surface area contributed by atoms with Gasteiger partial charge in [0.2, 0.25) is 0 Å². The van der Waals surface area contributed by atoms with Crippen LogP contribution >= 0.6 is 0 Å². The molecule has 1 heterocycles. The number of nitrogens with zero attached hydrogens (tertiary/aromatic N) is 1. The molecule has 2 rings (SSSR count). The quantitative estimate of drug-likeness (QED) is 0.839. The molecule has 3 unspecified atom stereocenters. The maximum atomic E-state index is 12.3. The van der Waals surface area contributed by atoms with E-state index in [2.05, 4.69) is 12.2 Å². The van der Waals surface area contributed by atoms with Crippen molar-refractivity contribution in [2.45, 2.75) is 44.8 Å². The van der Waals surface area contributed by atoms with E-state index in [9.17, 15) is 13.2 Å². The third-order valence-electron chi connectivity index (χ3n) is 4.16. The van der Waals surface area contributed by atoms with Gasteiger partial charge in [0.25, 0.3) is 0 Å². The van der Waals surface area contributed by atoms with Crippen LogP contribution in [0.2, 0.25) is 0 Å². The Bertz CT molecular complexity index is 267. The Balaban J connectivity index is 1.64. The smallest absolute Gasteiger partial charge is 0.314 e. The molecular formula is C13H23F3N2. The van der Waals surface area contributed by atoms with Crippen LogP contribution in [0.4, 0.5) is 13.2 Å². The molecule has 1 N–H and O–H groups in total. The van der Waals surface area contributed by atoms with E-state index >= 15 is 0 Å². The van der Waals surface area contributed by atoms with Crippen molar-refractivity contribution < 1.29 is 13.2 Å². The summed E-state index contributed by atoms with van der Waals surface area (Å²) in [6.07, 6.45) is 0.566. The van der Waals surface area contributed by atoms with Crippen LogP contribution in [0.15, 0.2) is 0 Å². The van der Waals surface area contributed by atoms with Crippen molar-refractivity contribution in [1.82, 2.24) is 10.2 Å². The number of halogens is 3. The molecule has 0 aromatic heterocycles. The molecule has 0 radical (unpaired) electrons. The summed E-state index contributed by atoms with van der Waals surface area (Å²) in [5.41, 5.74) is 0. The number of hydrogen-bond acceptors (Lipinski definition) is 2. The normalized spacial score (nSPS) is 34.3. The molecule has 106 valence electrons. The molecule has 1 saturated carbocycles. The zero-order chi connectivity index (χ0) is 13.2. The first-order valence-corrected chi connectivity index (χ1v) is 6.95. The Hall–Kier alpha value is -0.290. The van der Waals surface area contributed by atoms with Crippen LogP contribution in [0.3, 0.4) is 0 Å². The second kappa shape index (κ2) is 5.78. The van der Waals surface area contributed by atoms with Crippen LogP contribution in [0.5, 0.6) is 0 Å². The fourth-order valence-electron chi connectivity index (χ4n) is 3.20. The molecule has 2 fully saturated rings. The Kier molecular flexibility index (Phi) is 4.54. The highest BCUT2D eigenvalue weighted by Gasteiger charge is 2.34. The van der Waals surface area contributed by atoms with Gasteiger partial charge in [-0.2, -0.15) is 13.2 Å². The summed E-state index contributed by atoms with van der Waals surface area (Å²) in [7, 11) is 0. The van der Waals surface area contributed by atoms with E-state index in [4.69, 9.17) is 0 Å². The number of nitrogens with one attached hydrogen (secondary N) is 1. The van der Waals surface area contributed by atoms with E-state index in [1.165, 1.54) is 24.2 Å². The highest BCUT2D eigenvalue weighted by Crippen LogP contribution is 2.26. The zero-order valence-electron chi connectivity index (χ0n) is 11.0. The van der Waals surface area contributed by atoms with Gasteiger partial charge < -0.3 is 5.32 Å². The summed E-state index contributed by atoms with van der Waals surface area (Å²) in [6, 6.07) is 0.594. The minimum Gasteiger partial charge on any atom is -0.314 e. The van der Waals surface area contributed by atoms with Gasteiger partial charge in [-0.1, -0.05) is 6.92 Å². The van der Waals surface area contributed by atoms with E-state index < -0.39 is 12.7 Å². The molecule has 0 amide bonds. The summed E-state index contributed by atoms with van der Waals surface area (Å²) >= 11 is 0.